The molecule has 16 heavy (non-hydrogen) atoms. The summed E-state index contributed by atoms with van der Waals surface area (Å²) in [7, 11) is 0. The van der Waals surface area contributed by atoms with Crippen molar-refractivity contribution in [1.82, 2.24) is 9.36 Å². The van der Waals surface area contributed by atoms with Crippen molar-refractivity contribution in [1.29, 1.82) is 0 Å². The minimum Gasteiger partial charge on any atom is -0.340 e. The normalized spacial score (nSPS) is 15.8. The van der Waals surface area contributed by atoms with E-state index in [0.29, 0.717) is 22.9 Å². The second-order valence-corrected chi connectivity index (χ2v) is 5.26. The average Bonchev–Trinajstić information content (AvgIpc) is 2.96. The number of hydrogen-bond donors (Lipinski definition) is 0. The molecule has 1 heterocycles. The van der Waals surface area contributed by atoms with Crippen molar-refractivity contribution >= 4 is 32.6 Å². The second-order valence-electron chi connectivity index (χ2n) is 3.74. The first-order chi connectivity index (χ1) is 7.70. The predicted octanol–water partition coefficient (Wildman–Crippen LogP) is 2.88. The Labute approximate surface area is 105 Å². The van der Waals surface area contributed by atoms with E-state index in [1.807, 2.05) is 0 Å². The van der Waals surface area contributed by atoms with Crippen LogP contribution in [0.25, 0.3) is 0 Å². The third kappa shape index (κ3) is 3.10. The Kier molecular flexibility index (Phi) is 4.07. The largest absolute Gasteiger partial charge is 0.340 e. The minimum absolute atomic E-state index is 0.273. The molecule has 2 rings (SSSR count). The quantitative estimate of drug-likeness (QED) is 0.756. The fraction of sp³-hybridized carbons (Fsp3) is 0.778. The van der Waals surface area contributed by atoms with Crippen molar-refractivity contribution in [2.45, 2.75) is 25.2 Å². The van der Waals surface area contributed by atoms with Crippen LogP contribution in [-0.2, 0) is 0 Å². The maximum atomic E-state index is 12.4. The second kappa shape index (κ2) is 5.35. The van der Waals surface area contributed by atoms with Crippen molar-refractivity contribution in [2.75, 3.05) is 23.3 Å². The van der Waals surface area contributed by atoms with Crippen LogP contribution in [-0.4, -0.2) is 34.2 Å². The van der Waals surface area contributed by atoms with Gasteiger partial charge in [-0.25, -0.2) is 13.8 Å². The lowest BCUT2D eigenvalue weighted by molar-refractivity contribution is 0.155. The van der Waals surface area contributed by atoms with Gasteiger partial charge in [0.2, 0.25) is 5.13 Å². The summed E-state index contributed by atoms with van der Waals surface area (Å²) in [6, 6.07) is 0. The van der Waals surface area contributed by atoms with Crippen molar-refractivity contribution < 1.29 is 8.78 Å². The van der Waals surface area contributed by atoms with E-state index < -0.39 is 6.43 Å². The molecule has 90 valence electrons. The van der Waals surface area contributed by atoms with Crippen LogP contribution in [0.4, 0.5) is 13.9 Å². The van der Waals surface area contributed by atoms with Crippen molar-refractivity contribution in [3.05, 3.63) is 5.82 Å². The van der Waals surface area contributed by atoms with Gasteiger partial charge in [0, 0.05) is 29.3 Å². The van der Waals surface area contributed by atoms with Gasteiger partial charge in [-0.2, -0.15) is 4.37 Å². The number of hydrogen-bond acceptors (Lipinski definition) is 4. The smallest absolute Gasteiger partial charge is 0.255 e. The SMILES string of the molecule is FC(F)CN(CCBr)c1nc(C2CC2)ns1. The summed E-state index contributed by atoms with van der Waals surface area (Å²) in [6.07, 6.45) is -0.0836. The number of aromatic nitrogens is 2. The maximum absolute atomic E-state index is 12.4. The molecule has 7 heteroatoms. The van der Waals surface area contributed by atoms with Gasteiger partial charge in [-0.1, -0.05) is 15.9 Å². The highest BCUT2D eigenvalue weighted by atomic mass is 79.9. The number of nitrogens with zero attached hydrogens (tertiary/aromatic N) is 3. The van der Waals surface area contributed by atoms with E-state index in [9.17, 15) is 8.78 Å². The Balaban J connectivity index is 2.04. The molecule has 0 N–H and O–H groups in total. The van der Waals surface area contributed by atoms with Crippen molar-refractivity contribution in [3.63, 3.8) is 0 Å². The monoisotopic (exact) mass is 311 g/mol. The molecule has 1 aromatic heterocycles. The molecule has 0 radical (unpaired) electrons. The van der Waals surface area contributed by atoms with Crippen LogP contribution in [0.5, 0.6) is 0 Å². The Morgan fingerprint density at radius 2 is 2.25 bits per heavy atom. The minimum atomic E-state index is -2.34. The van der Waals surface area contributed by atoms with E-state index in [4.69, 9.17) is 0 Å². The number of anilines is 1. The zero-order valence-corrected chi connectivity index (χ0v) is 11.0. The molecule has 1 aromatic rings. The van der Waals surface area contributed by atoms with Crippen LogP contribution in [0.1, 0.15) is 24.6 Å². The zero-order valence-electron chi connectivity index (χ0n) is 8.57. The molecule has 0 unspecified atom stereocenters. The van der Waals surface area contributed by atoms with Gasteiger partial charge in [0.05, 0.1) is 6.54 Å². The molecule has 1 aliphatic carbocycles. The van der Waals surface area contributed by atoms with E-state index >= 15 is 0 Å². The van der Waals surface area contributed by atoms with Gasteiger partial charge in [-0.15, -0.1) is 0 Å². The van der Waals surface area contributed by atoms with Gasteiger partial charge in [-0.05, 0) is 12.8 Å². The number of alkyl halides is 3. The summed E-state index contributed by atoms with van der Waals surface area (Å²) in [5, 5.41) is 1.26. The fourth-order valence-electron chi connectivity index (χ4n) is 1.40. The highest BCUT2D eigenvalue weighted by Crippen LogP contribution is 2.39. The lowest BCUT2D eigenvalue weighted by atomic mass is 10.4. The summed E-state index contributed by atoms with van der Waals surface area (Å²) in [4.78, 5) is 5.91. The lowest BCUT2D eigenvalue weighted by Gasteiger charge is -2.19. The van der Waals surface area contributed by atoms with Crippen LogP contribution in [0.2, 0.25) is 0 Å². The van der Waals surface area contributed by atoms with Crippen LogP contribution in [0, 0.1) is 0 Å². The van der Waals surface area contributed by atoms with Crippen LogP contribution in [0.15, 0.2) is 0 Å². The Morgan fingerprint density at radius 3 is 2.81 bits per heavy atom. The van der Waals surface area contributed by atoms with Gasteiger partial charge < -0.3 is 4.90 Å². The topological polar surface area (TPSA) is 29.0 Å². The highest BCUT2D eigenvalue weighted by Gasteiger charge is 2.28. The molecule has 1 saturated carbocycles. The van der Waals surface area contributed by atoms with Gasteiger partial charge in [0.1, 0.15) is 5.82 Å². The fourth-order valence-corrected chi connectivity index (χ4v) is 2.60. The Bertz CT molecular complexity index is 343. The van der Waals surface area contributed by atoms with Gasteiger partial charge in [0.25, 0.3) is 6.43 Å². The van der Waals surface area contributed by atoms with Gasteiger partial charge in [-0.3, -0.25) is 0 Å². The lowest BCUT2D eigenvalue weighted by Crippen LogP contribution is -2.30. The van der Waals surface area contributed by atoms with Crippen molar-refractivity contribution in [2.24, 2.45) is 0 Å². The zero-order chi connectivity index (χ0) is 11.5. The average molecular weight is 312 g/mol. The molecule has 0 aliphatic heterocycles. The van der Waals surface area contributed by atoms with Crippen molar-refractivity contribution in [3.8, 4) is 0 Å². The molecule has 0 atom stereocenters. The molecule has 1 fully saturated rings. The molecular formula is C9H12BrF2N3S. The molecule has 0 bridgehead atoms. The molecule has 0 saturated heterocycles. The van der Waals surface area contributed by atoms with E-state index in [0.717, 1.165) is 18.7 Å². The van der Waals surface area contributed by atoms with Crippen LogP contribution in [0.3, 0.4) is 0 Å². The molecule has 3 nitrogen and oxygen atoms in total. The van der Waals surface area contributed by atoms with E-state index in [-0.39, 0.29) is 6.54 Å². The number of rotatable bonds is 6. The molecular weight excluding hydrogens is 300 g/mol. The number of halogens is 3. The predicted molar refractivity (Wildman–Crippen MR) is 63.9 cm³/mol. The van der Waals surface area contributed by atoms with E-state index in [2.05, 4.69) is 25.3 Å². The third-order valence-corrected chi connectivity index (χ3v) is 3.50. The third-order valence-electron chi connectivity index (χ3n) is 2.36. The van der Waals surface area contributed by atoms with E-state index in [1.165, 1.54) is 11.5 Å². The first-order valence-electron chi connectivity index (χ1n) is 5.13. The van der Waals surface area contributed by atoms with Crippen LogP contribution >= 0.6 is 27.5 Å². The highest BCUT2D eigenvalue weighted by molar-refractivity contribution is 9.09. The summed E-state index contributed by atoms with van der Waals surface area (Å²) in [6.45, 7) is 0.258. The Morgan fingerprint density at radius 1 is 1.50 bits per heavy atom. The summed E-state index contributed by atoms with van der Waals surface area (Å²) < 4.78 is 29.0. The molecule has 0 spiro atoms. The molecule has 1 aliphatic rings. The maximum Gasteiger partial charge on any atom is 0.255 e. The van der Waals surface area contributed by atoms with Gasteiger partial charge in [0.15, 0.2) is 0 Å². The Hall–Kier alpha value is -0.300. The summed E-state index contributed by atoms with van der Waals surface area (Å²) in [5.41, 5.74) is 0. The standard InChI is InChI=1S/C9H12BrF2N3S/c10-3-4-15(5-7(11)12)9-13-8(14-16-9)6-1-2-6/h6-7H,1-5H2. The summed E-state index contributed by atoms with van der Waals surface area (Å²) in [5.74, 6) is 1.30. The van der Waals surface area contributed by atoms with E-state index in [1.54, 1.807) is 4.90 Å². The molecule has 0 aromatic carbocycles. The van der Waals surface area contributed by atoms with Gasteiger partial charge >= 0.3 is 0 Å². The first kappa shape index (κ1) is 12.2. The van der Waals surface area contributed by atoms with Crippen LogP contribution < -0.4 is 4.90 Å². The first-order valence-corrected chi connectivity index (χ1v) is 7.03. The molecule has 0 amide bonds. The summed E-state index contributed by atoms with van der Waals surface area (Å²) >= 11 is 4.47.